The molecule has 0 fully saturated rings. The van der Waals surface area contributed by atoms with E-state index in [1.807, 2.05) is 12.1 Å². The topological polar surface area (TPSA) is 114 Å². The summed E-state index contributed by atoms with van der Waals surface area (Å²) in [5.74, 6) is 0. The minimum absolute atomic E-state index is 0. The summed E-state index contributed by atoms with van der Waals surface area (Å²) in [5, 5.41) is 4.20. The van der Waals surface area contributed by atoms with Gasteiger partial charge in [0.15, 0.2) is 0 Å². The summed E-state index contributed by atoms with van der Waals surface area (Å²) in [5.41, 5.74) is 3.97. The van der Waals surface area contributed by atoms with Crippen molar-refractivity contribution in [2.75, 3.05) is 0 Å². The smallest absolute Gasteiger partial charge is 0.744 e. The SMILES string of the molecule is CCCCCCCCCCCCCCCCCCc1cccc2ccc(S(=O)(=O)[O-])c(CCCCCCCCCCCCCCCCCC)c12.CCCCCCCCCCCCCCCCCCc1cccc2ccc(S(=O)(=O)[O-])c(CCCCCCCCCCCCCCCCCC)c12.[Ba+2]. The predicted octanol–water partition coefficient (Wildman–Crippen LogP) is 30.3. The first-order chi connectivity index (χ1) is 49.0. The van der Waals surface area contributed by atoms with E-state index in [0.717, 1.165) is 84.0 Å². The van der Waals surface area contributed by atoms with E-state index in [-0.39, 0.29) is 58.7 Å². The normalized spacial score (nSPS) is 11.9. The van der Waals surface area contributed by atoms with Gasteiger partial charge in [-0.2, -0.15) is 0 Å². The van der Waals surface area contributed by atoms with Crippen LogP contribution < -0.4 is 0 Å². The van der Waals surface area contributed by atoms with E-state index >= 15 is 0 Å². The molecule has 0 aromatic heterocycles. The maximum Gasteiger partial charge on any atom is 2.00 e. The summed E-state index contributed by atoms with van der Waals surface area (Å²) in [6.07, 6.45) is 88.7. The Morgan fingerprint density at radius 2 is 0.386 bits per heavy atom. The Morgan fingerprint density at radius 1 is 0.218 bits per heavy atom. The van der Waals surface area contributed by atoms with Gasteiger partial charge in [-0.25, -0.2) is 16.8 Å². The molecule has 4 rings (SSSR count). The van der Waals surface area contributed by atoms with Crippen LogP contribution in [0.15, 0.2) is 70.5 Å². The fourth-order valence-electron chi connectivity index (χ4n) is 15.8. The Kier molecular flexibility index (Phi) is 63.5. The van der Waals surface area contributed by atoms with Gasteiger partial charge in [0.2, 0.25) is 0 Å². The van der Waals surface area contributed by atoms with Crippen molar-refractivity contribution in [2.45, 2.75) is 474 Å². The second-order valence-corrected chi connectivity index (χ2v) is 33.9. The first-order valence-corrected chi connectivity index (χ1v) is 46.8. The summed E-state index contributed by atoms with van der Waals surface area (Å²) in [6, 6.07) is 19.5. The molecule has 0 bridgehead atoms. The van der Waals surface area contributed by atoms with Gasteiger partial charge in [0.1, 0.15) is 20.2 Å². The minimum atomic E-state index is -4.52. The largest absolute Gasteiger partial charge is 2.00 e. The van der Waals surface area contributed by atoms with E-state index in [9.17, 15) is 25.9 Å². The van der Waals surface area contributed by atoms with E-state index in [0.29, 0.717) is 12.8 Å². The van der Waals surface area contributed by atoms with Crippen LogP contribution in [0, 0.1) is 0 Å². The molecule has 0 aliphatic heterocycles. The molecule has 4 aromatic carbocycles. The standard InChI is InChI=1S/2C46H80O3S.Ba/c2*1-3-5-7-9-11-13-15-17-19-21-23-25-27-29-31-33-36-42-37-35-38-43-40-41-45(50(47,48)49)44(46(42)43)39-34-32-30-28-26-24-22-20-18-16-14-12-10-8-6-4-2;/h2*35,37-38,40-41H,3-34,36,39H2,1-2H3,(H,47,48,49);/q;;+2/p-2. The third-order valence-corrected chi connectivity index (χ3v) is 23.9. The summed E-state index contributed by atoms with van der Waals surface area (Å²) in [4.78, 5) is 0.00997. The van der Waals surface area contributed by atoms with Crippen LogP contribution in [0.25, 0.3) is 21.5 Å². The number of hydrogen-bond donors (Lipinski definition) is 0. The van der Waals surface area contributed by atoms with Crippen molar-refractivity contribution in [2.24, 2.45) is 0 Å². The van der Waals surface area contributed by atoms with Gasteiger partial charge in [0, 0.05) is 0 Å². The van der Waals surface area contributed by atoms with Crippen LogP contribution in [0.2, 0.25) is 0 Å². The van der Waals surface area contributed by atoms with Gasteiger partial charge in [-0.3, -0.25) is 0 Å². The summed E-state index contributed by atoms with van der Waals surface area (Å²) < 4.78 is 74.1. The molecule has 0 aliphatic rings. The average Bonchev–Trinajstić information content (AvgIpc) is 0.781. The molecule has 9 heteroatoms. The average molecular weight is 1560 g/mol. The Balaban J connectivity index is 0.000000680. The first kappa shape index (κ1) is 95.9. The van der Waals surface area contributed by atoms with Crippen LogP contribution >= 0.6 is 0 Å². The number of benzene rings is 4. The van der Waals surface area contributed by atoms with Crippen LogP contribution in [0.1, 0.15) is 461 Å². The van der Waals surface area contributed by atoms with Gasteiger partial charge in [0.05, 0.1) is 9.79 Å². The van der Waals surface area contributed by atoms with Crippen molar-refractivity contribution in [3.05, 3.63) is 82.9 Å². The molecule has 0 unspecified atom stereocenters. The summed E-state index contributed by atoms with van der Waals surface area (Å²) >= 11 is 0. The van der Waals surface area contributed by atoms with Crippen molar-refractivity contribution in [1.82, 2.24) is 0 Å². The molecular formula is C92H158BaO6S2. The summed E-state index contributed by atoms with van der Waals surface area (Å²) in [7, 11) is -9.03. The number of hydrogen-bond acceptors (Lipinski definition) is 6. The molecule has 101 heavy (non-hydrogen) atoms. The Morgan fingerprint density at radius 3 is 0.564 bits per heavy atom. The van der Waals surface area contributed by atoms with E-state index in [1.165, 1.54) is 384 Å². The Bertz CT molecular complexity index is 2570. The second-order valence-electron chi connectivity index (χ2n) is 31.2. The van der Waals surface area contributed by atoms with Gasteiger partial charge in [-0.05, 0) is 107 Å². The first-order valence-electron chi connectivity index (χ1n) is 44.0. The van der Waals surface area contributed by atoms with Gasteiger partial charge >= 0.3 is 48.9 Å². The van der Waals surface area contributed by atoms with E-state index in [1.54, 1.807) is 12.1 Å². The molecule has 0 saturated heterocycles. The van der Waals surface area contributed by atoms with E-state index < -0.39 is 20.2 Å². The van der Waals surface area contributed by atoms with Gasteiger partial charge in [-0.15, -0.1) is 0 Å². The molecule has 0 spiro atoms. The number of aryl methyl sites for hydroxylation is 4. The maximum absolute atomic E-state index is 12.3. The Labute approximate surface area is 667 Å². The third-order valence-electron chi connectivity index (χ3n) is 22.1. The molecule has 6 nitrogen and oxygen atoms in total. The fraction of sp³-hybridized carbons (Fsp3) is 0.783. The third kappa shape index (κ3) is 49.5. The minimum Gasteiger partial charge on any atom is -0.744 e. The van der Waals surface area contributed by atoms with E-state index in [2.05, 4.69) is 64.1 Å². The van der Waals surface area contributed by atoms with Crippen molar-refractivity contribution in [3.8, 4) is 0 Å². The van der Waals surface area contributed by atoms with Gasteiger partial charge < -0.3 is 9.11 Å². The molecule has 0 amide bonds. The number of fused-ring (bicyclic) bond motifs is 2. The van der Waals surface area contributed by atoms with Crippen molar-refractivity contribution >= 4 is 90.7 Å². The van der Waals surface area contributed by atoms with Crippen LogP contribution in [-0.4, -0.2) is 74.8 Å². The zero-order chi connectivity index (χ0) is 71.9. The van der Waals surface area contributed by atoms with Crippen LogP contribution in [0.5, 0.6) is 0 Å². The van der Waals surface area contributed by atoms with Crippen molar-refractivity contribution < 1.29 is 25.9 Å². The maximum atomic E-state index is 12.3. The quantitative estimate of drug-likeness (QED) is 0.0247. The zero-order valence-corrected chi connectivity index (χ0v) is 72.9. The molecule has 0 radical (unpaired) electrons. The van der Waals surface area contributed by atoms with Crippen LogP contribution in [0.4, 0.5) is 0 Å². The Hall–Kier alpha value is -1.21. The molecular weight excluding hydrogens is 1400 g/mol. The fourth-order valence-corrected chi connectivity index (χ4v) is 17.3. The molecule has 0 saturated carbocycles. The van der Waals surface area contributed by atoms with Crippen molar-refractivity contribution in [3.63, 3.8) is 0 Å². The number of unbranched alkanes of at least 4 members (excludes halogenated alkanes) is 60. The molecule has 0 N–H and O–H groups in total. The molecule has 4 aromatic rings. The van der Waals surface area contributed by atoms with E-state index in [4.69, 9.17) is 0 Å². The van der Waals surface area contributed by atoms with Gasteiger partial charge in [-0.1, -0.05) is 461 Å². The zero-order valence-electron chi connectivity index (χ0n) is 66.8. The molecule has 0 heterocycles. The molecule has 0 atom stereocenters. The number of rotatable bonds is 70. The van der Waals surface area contributed by atoms with Crippen LogP contribution in [-0.2, 0) is 45.9 Å². The predicted molar refractivity (Wildman–Crippen MR) is 443 cm³/mol. The van der Waals surface area contributed by atoms with Gasteiger partial charge in [0.25, 0.3) is 0 Å². The molecule has 0 aliphatic carbocycles. The van der Waals surface area contributed by atoms with Crippen LogP contribution in [0.3, 0.4) is 0 Å². The molecule has 576 valence electrons. The van der Waals surface area contributed by atoms with Crippen molar-refractivity contribution in [1.29, 1.82) is 0 Å². The monoisotopic (exact) mass is 1560 g/mol. The second kappa shape index (κ2) is 67.0. The summed E-state index contributed by atoms with van der Waals surface area (Å²) in [6.45, 7) is 9.13.